The lowest BCUT2D eigenvalue weighted by Gasteiger charge is -2.27. The molecule has 2 N–H and O–H groups in total. The lowest BCUT2D eigenvalue weighted by Crippen LogP contribution is -2.32. The third kappa shape index (κ3) is 4.85. The van der Waals surface area contributed by atoms with Crippen molar-refractivity contribution in [2.24, 2.45) is 0 Å². The van der Waals surface area contributed by atoms with Crippen molar-refractivity contribution in [3.8, 4) is 0 Å². The molecule has 2 atom stereocenters. The van der Waals surface area contributed by atoms with Crippen molar-refractivity contribution in [1.29, 1.82) is 0 Å². The molecule has 0 radical (unpaired) electrons. The number of amides is 1. The van der Waals surface area contributed by atoms with Crippen LogP contribution in [-0.2, 0) is 4.79 Å². The Balaban J connectivity index is 1.36. The first-order valence-corrected chi connectivity index (χ1v) is 12.5. The van der Waals surface area contributed by atoms with Crippen LogP contribution in [0.1, 0.15) is 67.1 Å². The molecule has 1 saturated carbocycles. The summed E-state index contributed by atoms with van der Waals surface area (Å²) in [5.74, 6) is -0.0167. The topological polar surface area (TPSA) is 62.2 Å². The van der Waals surface area contributed by atoms with Crippen molar-refractivity contribution in [2.45, 2.75) is 57.2 Å². The molecule has 0 bridgehead atoms. The maximum absolute atomic E-state index is 12.7. The van der Waals surface area contributed by atoms with Gasteiger partial charge in [-0.1, -0.05) is 31.0 Å². The molecule has 2 fully saturated rings. The van der Waals surface area contributed by atoms with Gasteiger partial charge in [-0.2, -0.15) is 0 Å². The number of rotatable bonds is 7. The lowest BCUT2D eigenvalue weighted by molar-refractivity contribution is -0.116. The molecule has 2 aliphatic rings. The second-order valence-electron chi connectivity index (χ2n) is 9.32. The molecule has 0 spiro atoms. The van der Waals surface area contributed by atoms with Crippen molar-refractivity contribution in [2.75, 3.05) is 11.9 Å². The van der Waals surface area contributed by atoms with E-state index >= 15 is 0 Å². The lowest BCUT2D eigenvalue weighted by atomic mass is 9.99. The fourth-order valence-electron chi connectivity index (χ4n) is 5.21. The molecule has 1 saturated heterocycles. The molecule has 1 aliphatic carbocycles. The van der Waals surface area contributed by atoms with Crippen LogP contribution in [-0.4, -0.2) is 32.0 Å². The number of aryl methyl sites for hydroxylation is 1. The number of carbonyl (C=O) groups excluding carboxylic acids is 1. The van der Waals surface area contributed by atoms with E-state index in [1.165, 1.54) is 31.2 Å². The fraction of sp³-hybridized carbons (Fsp3) is 0.370. The third-order valence-electron chi connectivity index (χ3n) is 6.90. The highest BCUT2D eigenvalue weighted by Crippen LogP contribution is 2.40. The summed E-state index contributed by atoms with van der Waals surface area (Å²) in [4.78, 5) is 19.5. The third-order valence-corrected chi connectivity index (χ3v) is 7.26. The number of hydrogen-bond donors (Lipinski definition) is 2. The highest BCUT2D eigenvalue weighted by atomic mass is 32.1. The molecule has 7 heteroatoms. The first kappa shape index (κ1) is 22.6. The highest BCUT2D eigenvalue weighted by molar-refractivity contribution is 7.80. The average Bonchev–Trinajstić information content (AvgIpc) is 3.58. The molecule has 2 aromatic heterocycles. The zero-order valence-corrected chi connectivity index (χ0v) is 20.3. The van der Waals surface area contributed by atoms with Gasteiger partial charge in [0.25, 0.3) is 0 Å². The van der Waals surface area contributed by atoms with Crippen molar-refractivity contribution in [3.63, 3.8) is 0 Å². The van der Waals surface area contributed by atoms with E-state index in [1.807, 2.05) is 55.6 Å². The molecule has 176 valence electrons. The van der Waals surface area contributed by atoms with Gasteiger partial charge in [0, 0.05) is 43.3 Å². The van der Waals surface area contributed by atoms with Crippen molar-refractivity contribution in [3.05, 3.63) is 83.9 Å². The van der Waals surface area contributed by atoms with Gasteiger partial charge in [-0.15, -0.1) is 0 Å². The van der Waals surface area contributed by atoms with Crippen LogP contribution < -0.4 is 10.6 Å². The van der Waals surface area contributed by atoms with Crippen LogP contribution in [0.25, 0.3) is 0 Å². The number of thiocarbonyl (C=S) groups is 1. The molecule has 6 nitrogen and oxygen atoms in total. The number of benzene rings is 1. The van der Waals surface area contributed by atoms with E-state index in [0.717, 1.165) is 16.9 Å². The molecule has 5 rings (SSSR count). The van der Waals surface area contributed by atoms with Crippen molar-refractivity contribution >= 4 is 28.9 Å². The smallest absolute Gasteiger partial charge is 0.226 e. The van der Waals surface area contributed by atoms with Crippen molar-refractivity contribution in [1.82, 2.24) is 19.8 Å². The van der Waals surface area contributed by atoms with Crippen molar-refractivity contribution < 1.29 is 4.79 Å². The number of anilines is 1. The summed E-state index contributed by atoms with van der Waals surface area (Å²) >= 11 is 5.76. The quantitative estimate of drug-likeness (QED) is 0.456. The normalized spacial score (nSPS) is 20.5. The number of pyridine rings is 1. The largest absolute Gasteiger partial charge is 0.352 e. The standard InChI is InChI=1S/C27H31N5OS/c1-19-7-6-8-21(17-19)29-24(33)13-16-32-26(20-12-15-31(18-20)22-9-2-3-10-22)25(30-27(32)34)23-11-4-5-14-28-23/h4-8,11-12,14-15,17-18,22,25-26H,2-3,9-10,13,16H2,1H3,(H,29,33)(H,30,34). The van der Waals surface area contributed by atoms with Gasteiger partial charge in [0.2, 0.25) is 5.91 Å². The van der Waals surface area contributed by atoms with Crippen LogP contribution in [0.2, 0.25) is 0 Å². The molecule has 2 unspecified atom stereocenters. The summed E-state index contributed by atoms with van der Waals surface area (Å²) < 4.78 is 2.36. The van der Waals surface area contributed by atoms with Gasteiger partial charge in [0.05, 0.1) is 17.8 Å². The van der Waals surface area contributed by atoms with E-state index in [4.69, 9.17) is 12.2 Å². The summed E-state index contributed by atoms with van der Waals surface area (Å²) in [6.45, 7) is 2.55. The predicted octanol–water partition coefficient (Wildman–Crippen LogP) is 5.31. The molecular formula is C27H31N5OS. The molecule has 34 heavy (non-hydrogen) atoms. The van der Waals surface area contributed by atoms with Crippen LogP contribution in [0, 0.1) is 6.92 Å². The Hall–Kier alpha value is -3.19. The summed E-state index contributed by atoms with van der Waals surface area (Å²) in [6.07, 6.45) is 11.7. The Morgan fingerprint density at radius 2 is 2.03 bits per heavy atom. The average molecular weight is 474 g/mol. The number of nitrogens with one attached hydrogen (secondary N) is 2. The van der Waals surface area contributed by atoms with E-state index in [0.29, 0.717) is 24.1 Å². The summed E-state index contributed by atoms with van der Waals surface area (Å²) in [5.41, 5.74) is 4.10. The van der Waals surface area contributed by atoms with Crippen LogP contribution in [0.3, 0.4) is 0 Å². The second kappa shape index (κ2) is 9.97. The molecule has 1 aromatic carbocycles. The van der Waals surface area contributed by atoms with Gasteiger partial charge < -0.3 is 20.1 Å². The Morgan fingerprint density at radius 3 is 2.79 bits per heavy atom. The fourth-order valence-corrected chi connectivity index (χ4v) is 5.54. The van der Waals surface area contributed by atoms with Gasteiger partial charge in [0.15, 0.2) is 5.11 Å². The highest BCUT2D eigenvalue weighted by Gasteiger charge is 2.40. The van der Waals surface area contributed by atoms with Gasteiger partial charge in [-0.3, -0.25) is 9.78 Å². The minimum atomic E-state index is -0.0621. The minimum Gasteiger partial charge on any atom is -0.352 e. The second-order valence-corrected chi connectivity index (χ2v) is 9.70. The monoisotopic (exact) mass is 473 g/mol. The minimum absolute atomic E-state index is 0.0167. The molecule has 3 heterocycles. The van der Waals surface area contributed by atoms with Gasteiger partial charge >= 0.3 is 0 Å². The Labute approximate surface area is 206 Å². The van der Waals surface area contributed by atoms with Crippen LogP contribution >= 0.6 is 12.2 Å². The van der Waals surface area contributed by atoms with E-state index in [9.17, 15) is 4.79 Å². The number of hydrogen-bond acceptors (Lipinski definition) is 3. The van der Waals surface area contributed by atoms with Crippen LogP contribution in [0.15, 0.2) is 67.1 Å². The molecular weight excluding hydrogens is 442 g/mol. The first-order chi connectivity index (χ1) is 16.6. The van der Waals surface area contributed by atoms with Gasteiger partial charge in [0.1, 0.15) is 0 Å². The van der Waals surface area contributed by atoms with E-state index in [-0.39, 0.29) is 18.0 Å². The van der Waals surface area contributed by atoms with E-state index in [1.54, 1.807) is 0 Å². The van der Waals surface area contributed by atoms with E-state index in [2.05, 4.69) is 43.5 Å². The molecule has 3 aromatic rings. The predicted molar refractivity (Wildman–Crippen MR) is 139 cm³/mol. The molecule has 1 aliphatic heterocycles. The SMILES string of the molecule is Cc1cccc(NC(=O)CCN2C(=S)NC(c3ccccn3)C2c2ccn(C3CCCC3)c2)c1. The number of aromatic nitrogens is 2. The van der Waals surface area contributed by atoms with Gasteiger partial charge in [-0.05, 0) is 73.4 Å². The maximum Gasteiger partial charge on any atom is 0.226 e. The van der Waals surface area contributed by atoms with Gasteiger partial charge in [-0.25, -0.2) is 0 Å². The number of nitrogens with zero attached hydrogens (tertiary/aromatic N) is 3. The first-order valence-electron chi connectivity index (χ1n) is 12.1. The maximum atomic E-state index is 12.7. The zero-order valence-electron chi connectivity index (χ0n) is 19.5. The summed E-state index contributed by atoms with van der Waals surface area (Å²) in [6, 6.07) is 16.5. The zero-order chi connectivity index (χ0) is 23.5. The summed E-state index contributed by atoms with van der Waals surface area (Å²) in [5, 5.41) is 7.16. The van der Waals surface area contributed by atoms with Crippen LogP contribution in [0.4, 0.5) is 5.69 Å². The Bertz CT molecular complexity index is 1150. The molecule has 1 amide bonds. The summed E-state index contributed by atoms with van der Waals surface area (Å²) in [7, 11) is 0. The Morgan fingerprint density at radius 1 is 1.18 bits per heavy atom. The Kier molecular flexibility index (Phi) is 6.63. The number of carbonyl (C=O) groups is 1. The van der Waals surface area contributed by atoms with Crippen LogP contribution in [0.5, 0.6) is 0 Å². The van der Waals surface area contributed by atoms with E-state index < -0.39 is 0 Å².